The van der Waals surface area contributed by atoms with Crippen LogP contribution >= 0.6 is 24.0 Å². The second-order valence-electron chi connectivity index (χ2n) is 5.10. The van der Waals surface area contributed by atoms with E-state index in [4.69, 9.17) is 17.3 Å². The van der Waals surface area contributed by atoms with Gasteiger partial charge in [0.2, 0.25) is 0 Å². The van der Waals surface area contributed by atoms with Crippen LogP contribution in [-0.2, 0) is 7.05 Å². The second kappa shape index (κ2) is 8.17. The van der Waals surface area contributed by atoms with Gasteiger partial charge in [-0.2, -0.15) is 5.10 Å². The highest BCUT2D eigenvalue weighted by Crippen LogP contribution is 2.28. The molecule has 5 nitrogen and oxygen atoms in total. The molecule has 0 aliphatic rings. The Morgan fingerprint density at radius 3 is 2.77 bits per heavy atom. The molecule has 0 bridgehead atoms. The lowest BCUT2D eigenvalue weighted by Crippen LogP contribution is -2.31. The van der Waals surface area contributed by atoms with Crippen molar-refractivity contribution in [3.63, 3.8) is 0 Å². The molecule has 1 unspecified atom stereocenters. The van der Waals surface area contributed by atoms with E-state index in [1.54, 1.807) is 24.0 Å². The Labute approximate surface area is 141 Å². The van der Waals surface area contributed by atoms with E-state index in [0.29, 0.717) is 29.4 Å². The summed E-state index contributed by atoms with van der Waals surface area (Å²) in [5.41, 5.74) is 7.40. The Bertz CT molecular complexity index is 642. The standard InChI is InChI=1S/C15H19ClN4O.ClH/c1-10(7-17)8-18-15(21)12-9-20(2)19-14(12)11-5-3-4-6-13(11)16;/h3-6,9-10H,7-8,17H2,1-2H3,(H,18,21);1H. The number of amides is 1. The number of aromatic nitrogens is 2. The van der Waals surface area contributed by atoms with E-state index in [0.717, 1.165) is 5.56 Å². The molecule has 0 aliphatic heterocycles. The molecule has 1 heterocycles. The SMILES string of the molecule is CC(CN)CNC(=O)c1cn(C)nc1-c1ccccc1Cl.Cl. The van der Waals surface area contributed by atoms with Crippen LogP contribution in [0, 0.1) is 5.92 Å². The Hall–Kier alpha value is -1.56. The van der Waals surface area contributed by atoms with Gasteiger partial charge in [-0.15, -0.1) is 12.4 Å². The van der Waals surface area contributed by atoms with E-state index < -0.39 is 0 Å². The highest BCUT2D eigenvalue weighted by atomic mass is 35.5. The molecule has 1 atom stereocenters. The highest BCUT2D eigenvalue weighted by Gasteiger charge is 2.18. The first-order chi connectivity index (χ1) is 10.0. The lowest BCUT2D eigenvalue weighted by Gasteiger charge is -2.10. The average Bonchev–Trinajstić information content (AvgIpc) is 2.86. The molecule has 1 amide bonds. The molecule has 1 aromatic carbocycles. The largest absolute Gasteiger partial charge is 0.352 e. The number of hydrogen-bond donors (Lipinski definition) is 2. The van der Waals surface area contributed by atoms with Crippen LogP contribution in [0.5, 0.6) is 0 Å². The Kier molecular flexibility index (Phi) is 6.87. The quantitative estimate of drug-likeness (QED) is 0.876. The maximum atomic E-state index is 12.3. The number of nitrogens with zero attached hydrogens (tertiary/aromatic N) is 2. The van der Waals surface area contributed by atoms with Crippen molar-refractivity contribution in [1.82, 2.24) is 15.1 Å². The Morgan fingerprint density at radius 1 is 1.45 bits per heavy atom. The van der Waals surface area contributed by atoms with E-state index in [1.165, 1.54) is 0 Å². The molecule has 0 aliphatic carbocycles. The van der Waals surface area contributed by atoms with Crippen LogP contribution in [0.2, 0.25) is 5.02 Å². The van der Waals surface area contributed by atoms with Crippen molar-refractivity contribution < 1.29 is 4.79 Å². The predicted octanol–water partition coefficient (Wildman–Crippen LogP) is 2.49. The van der Waals surface area contributed by atoms with Gasteiger partial charge in [0.25, 0.3) is 5.91 Å². The average molecular weight is 343 g/mol. The highest BCUT2D eigenvalue weighted by molar-refractivity contribution is 6.33. The maximum Gasteiger partial charge on any atom is 0.255 e. The fourth-order valence-corrected chi connectivity index (χ4v) is 2.18. The smallest absolute Gasteiger partial charge is 0.255 e. The molecular formula is C15H20Cl2N4O. The van der Waals surface area contributed by atoms with E-state index in [-0.39, 0.29) is 24.2 Å². The van der Waals surface area contributed by atoms with Crippen molar-refractivity contribution in [2.24, 2.45) is 18.7 Å². The van der Waals surface area contributed by atoms with Crippen LogP contribution in [-0.4, -0.2) is 28.8 Å². The van der Waals surface area contributed by atoms with Crippen LogP contribution < -0.4 is 11.1 Å². The molecule has 0 radical (unpaired) electrons. The lowest BCUT2D eigenvalue weighted by molar-refractivity contribution is 0.0949. The molecule has 0 saturated carbocycles. The summed E-state index contributed by atoms with van der Waals surface area (Å²) in [6, 6.07) is 7.35. The summed E-state index contributed by atoms with van der Waals surface area (Å²) in [6.45, 7) is 3.05. The van der Waals surface area contributed by atoms with Crippen molar-refractivity contribution in [1.29, 1.82) is 0 Å². The third-order valence-corrected chi connectivity index (χ3v) is 3.55. The topological polar surface area (TPSA) is 72.9 Å². The lowest BCUT2D eigenvalue weighted by atomic mass is 10.1. The van der Waals surface area contributed by atoms with Crippen LogP contribution in [0.4, 0.5) is 0 Å². The zero-order valence-electron chi connectivity index (χ0n) is 12.5. The fraction of sp³-hybridized carbons (Fsp3) is 0.333. The molecule has 2 rings (SSSR count). The third-order valence-electron chi connectivity index (χ3n) is 3.22. The van der Waals surface area contributed by atoms with Crippen LogP contribution in [0.15, 0.2) is 30.5 Å². The van der Waals surface area contributed by atoms with Gasteiger partial charge in [0.15, 0.2) is 0 Å². The van der Waals surface area contributed by atoms with Gasteiger partial charge in [0, 0.05) is 25.4 Å². The molecule has 0 fully saturated rings. The first-order valence-corrected chi connectivity index (χ1v) is 7.17. The van der Waals surface area contributed by atoms with Gasteiger partial charge < -0.3 is 11.1 Å². The molecule has 2 aromatic rings. The minimum atomic E-state index is -0.168. The third kappa shape index (κ3) is 4.22. The molecule has 7 heteroatoms. The number of nitrogens with two attached hydrogens (primary N) is 1. The zero-order chi connectivity index (χ0) is 15.4. The minimum Gasteiger partial charge on any atom is -0.352 e. The molecule has 1 aromatic heterocycles. The van der Waals surface area contributed by atoms with E-state index in [9.17, 15) is 4.79 Å². The number of carbonyl (C=O) groups excluding carboxylic acids is 1. The van der Waals surface area contributed by atoms with E-state index >= 15 is 0 Å². The summed E-state index contributed by atoms with van der Waals surface area (Å²) in [5, 5.41) is 7.80. The predicted molar refractivity (Wildman–Crippen MR) is 91.5 cm³/mol. The van der Waals surface area contributed by atoms with Crippen molar-refractivity contribution in [2.75, 3.05) is 13.1 Å². The van der Waals surface area contributed by atoms with Crippen molar-refractivity contribution in [3.05, 3.63) is 41.0 Å². The van der Waals surface area contributed by atoms with Crippen LogP contribution in [0.25, 0.3) is 11.3 Å². The Balaban J connectivity index is 0.00000242. The molecular weight excluding hydrogens is 323 g/mol. The van der Waals surface area contributed by atoms with E-state index in [1.807, 2.05) is 25.1 Å². The normalized spacial score (nSPS) is 11.6. The summed E-state index contributed by atoms with van der Waals surface area (Å²) >= 11 is 6.20. The minimum absolute atomic E-state index is 0. The molecule has 0 saturated heterocycles. The number of rotatable bonds is 5. The first-order valence-electron chi connectivity index (χ1n) is 6.79. The number of hydrogen-bond acceptors (Lipinski definition) is 3. The van der Waals surface area contributed by atoms with Crippen LogP contribution in [0.1, 0.15) is 17.3 Å². The van der Waals surface area contributed by atoms with Gasteiger partial charge in [0.05, 0.1) is 10.6 Å². The van der Waals surface area contributed by atoms with E-state index in [2.05, 4.69) is 10.4 Å². The fourth-order valence-electron chi connectivity index (χ4n) is 1.95. The van der Waals surface area contributed by atoms with Crippen molar-refractivity contribution >= 4 is 29.9 Å². The number of carbonyl (C=O) groups is 1. The van der Waals surface area contributed by atoms with Crippen LogP contribution in [0.3, 0.4) is 0 Å². The van der Waals surface area contributed by atoms with Gasteiger partial charge in [-0.25, -0.2) is 0 Å². The summed E-state index contributed by atoms with van der Waals surface area (Å²) in [7, 11) is 1.78. The maximum absolute atomic E-state index is 12.3. The summed E-state index contributed by atoms with van der Waals surface area (Å²) in [6.07, 6.45) is 1.70. The van der Waals surface area contributed by atoms with Crippen molar-refractivity contribution in [3.8, 4) is 11.3 Å². The number of halogens is 2. The molecule has 3 N–H and O–H groups in total. The van der Waals surface area contributed by atoms with Crippen molar-refractivity contribution in [2.45, 2.75) is 6.92 Å². The van der Waals surface area contributed by atoms with Gasteiger partial charge in [-0.05, 0) is 18.5 Å². The Morgan fingerprint density at radius 2 is 2.14 bits per heavy atom. The van der Waals surface area contributed by atoms with Gasteiger partial charge >= 0.3 is 0 Å². The van der Waals surface area contributed by atoms with Gasteiger partial charge in [-0.1, -0.05) is 36.7 Å². The summed E-state index contributed by atoms with van der Waals surface area (Å²) in [4.78, 5) is 12.3. The monoisotopic (exact) mass is 342 g/mol. The first kappa shape index (κ1) is 18.5. The molecule has 22 heavy (non-hydrogen) atoms. The molecule has 120 valence electrons. The number of aryl methyl sites for hydroxylation is 1. The van der Waals surface area contributed by atoms with Gasteiger partial charge in [0.1, 0.15) is 5.69 Å². The summed E-state index contributed by atoms with van der Waals surface area (Å²) in [5.74, 6) is 0.0627. The zero-order valence-corrected chi connectivity index (χ0v) is 14.1. The summed E-state index contributed by atoms with van der Waals surface area (Å²) < 4.78 is 1.61. The number of nitrogens with one attached hydrogen (secondary N) is 1. The molecule has 0 spiro atoms. The number of benzene rings is 1. The second-order valence-corrected chi connectivity index (χ2v) is 5.50. The van der Waals surface area contributed by atoms with Gasteiger partial charge in [-0.3, -0.25) is 9.48 Å².